The number of hydrogen-bond donors (Lipinski definition) is 2. The molecule has 0 bridgehead atoms. The van der Waals surface area contributed by atoms with Gasteiger partial charge in [-0.05, 0) is 49.2 Å². The molecule has 0 unspecified atom stereocenters. The minimum Gasteiger partial charge on any atom is -0.308 e. The standard InChI is InChI=1S/C15H15FN2O/c1-10-4-3-5-12(8-10)17-15(19)18-14-9-11(2)6-7-13(14)16/h3-9H,1-2H3,(H2,17,18,19). The maximum absolute atomic E-state index is 13.5. The van der Waals surface area contributed by atoms with Gasteiger partial charge < -0.3 is 10.6 Å². The second-order valence-electron chi connectivity index (χ2n) is 4.43. The summed E-state index contributed by atoms with van der Waals surface area (Å²) in [6.07, 6.45) is 0. The average Bonchev–Trinajstić information content (AvgIpc) is 2.34. The molecule has 0 aromatic heterocycles. The Kier molecular flexibility index (Phi) is 3.80. The van der Waals surface area contributed by atoms with E-state index in [0.717, 1.165) is 11.1 Å². The first-order valence-electron chi connectivity index (χ1n) is 5.95. The number of amides is 2. The third-order valence-corrected chi connectivity index (χ3v) is 2.65. The van der Waals surface area contributed by atoms with Gasteiger partial charge in [-0.1, -0.05) is 18.2 Å². The smallest absolute Gasteiger partial charge is 0.308 e. The van der Waals surface area contributed by atoms with Gasteiger partial charge in [0.25, 0.3) is 0 Å². The molecule has 98 valence electrons. The van der Waals surface area contributed by atoms with E-state index in [-0.39, 0.29) is 5.69 Å². The van der Waals surface area contributed by atoms with Crippen molar-refractivity contribution in [1.29, 1.82) is 0 Å². The lowest BCUT2D eigenvalue weighted by atomic mass is 10.2. The molecule has 0 heterocycles. The van der Waals surface area contributed by atoms with Crippen LogP contribution in [0.15, 0.2) is 42.5 Å². The largest absolute Gasteiger partial charge is 0.323 e. The number of halogens is 1. The van der Waals surface area contributed by atoms with E-state index in [1.54, 1.807) is 18.2 Å². The van der Waals surface area contributed by atoms with Crippen LogP contribution in [0.1, 0.15) is 11.1 Å². The Bertz CT molecular complexity index is 611. The molecule has 0 aliphatic rings. The molecule has 2 aromatic rings. The maximum Gasteiger partial charge on any atom is 0.323 e. The molecule has 0 aliphatic heterocycles. The van der Waals surface area contributed by atoms with Crippen molar-refractivity contribution in [2.45, 2.75) is 13.8 Å². The van der Waals surface area contributed by atoms with Gasteiger partial charge in [0.1, 0.15) is 5.82 Å². The highest BCUT2D eigenvalue weighted by atomic mass is 19.1. The second kappa shape index (κ2) is 5.52. The van der Waals surface area contributed by atoms with Crippen LogP contribution >= 0.6 is 0 Å². The van der Waals surface area contributed by atoms with E-state index in [9.17, 15) is 9.18 Å². The van der Waals surface area contributed by atoms with Crippen molar-refractivity contribution >= 4 is 17.4 Å². The highest BCUT2D eigenvalue weighted by Gasteiger charge is 2.07. The van der Waals surface area contributed by atoms with Crippen LogP contribution in [0.4, 0.5) is 20.6 Å². The van der Waals surface area contributed by atoms with E-state index in [0.29, 0.717) is 5.69 Å². The van der Waals surface area contributed by atoms with Crippen molar-refractivity contribution in [3.8, 4) is 0 Å². The first kappa shape index (κ1) is 13.1. The number of aryl methyl sites for hydroxylation is 2. The van der Waals surface area contributed by atoms with Gasteiger partial charge >= 0.3 is 6.03 Å². The summed E-state index contributed by atoms with van der Waals surface area (Å²) in [6, 6.07) is 11.5. The minimum absolute atomic E-state index is 0.171. The Morgan fingerprint density at radius 2 is 1.74 bits per heavy atom. The molecule has 3 nitrogen and oxygen atoms in total. The number of benzene rings is 2. The first-order chi connectivity index (χ1) is 9.04. The van der Waals surface area contributed by atoms with Gasteiger partial charge in [0, 0.05) is 5.69 Å². The zero-order valence-electron chi connectivity index (χ0n) is 10.8. The molecule has 19 heavy (non-hydrogen) atoms. The fourth-order valence-electron chi connectivity index (χ4n) is 1.74. The van der Waals surface area contributed by atoms with Crippen LogP contribution in [0, 0.1) is 19.7 Å². The van der Waals surface area contributed by atoms with Crippen molar-refractivity contribution in [1.82, 2.24) is 0 Å². The molecule has 0 aliphatic carbocycles. The number of carbonyl (C=O) groups excluding carboxylic acids is 1. The number of carbonyl (C=O) groups is 1. The van der Waals surface area contributed by atoms with Gasteiger partial charge in [-0.2, -0.15) is 0 Å². The highest BCUT2D eigenvalue weighted by molar-refractivity contribution is 5.99. The van der Waals surface area contributed by atoms with Crippen LogP contribution in [-0.2, 0) is 0 Å². The first-order valence-corrected chi connectivity index (χ1v) is 5.95. The van der Waals surface area contributed by atoms with Crippen molar-refractivity contribution in [2.24, 2.45) is 0 Å². The SMILES string of the molecule is Cc1cccc(NC(=O)Nc2cc(C)ccc2F)c1. The monoisotopic (exact) mass is 258 g/mol. The zero-order chi connectivity index (χ0) is 13.8. The van der Waals surface area contributed by atoms with E-state index in [2.05, 4.69) is 10.6 Å². The second-order valence-corrected chi connectivity index (χ2v) is 4.43. The molecule has 0 saturated carbocycles. The highest BCUT2D eigenvalue weighted by Crippen LogP contribution is 2.16. The molecule has 2 N–H and O–H groups in total. The fourth-order valence-corrected chi connectivity index (χ4v) is 1.74. The Morgan fingerprint density at radius 3 is 2.47 bits per heavy atom. The Morgan fingerprint density at radius 1 is 1.00 bits per heavy atom. The van der Waals surface area contributed by atoms with Crippen LogP contribution in [0.3, 0.4) is 0 Å². The quantitative estimate of drug-likeness (QED) is 0.837. The molecular weight excluding hydrogens is 243 g/mol. The Balaban J connectivity index is 2.07. The topological polar surface area (TPSA) is 41.1 Å². The van der Waals surface area contributed by atoms with Crippen molar-refractivity contribution < 1.29 is 9.18 Å². The molecule has 2 rings (SSSR count). The van der Waals surface area contributed by atoms with Gasteiger partial charge in [-0.15, -0.1) is 0 Å². The molecule has 0 spiro atoms. The summed E-state index contributed by atoms with van der Waals surface area (Å²) in [7, 11) is 0. The number of nitrogens with one attached hydrogen (secondary N) is 2. The molecule has 2 amide bonds. The Labute approximate surface area is 111 Å². The van der Waals surface area contributed by atoms with Crippen LogP contribution in [0.25, 0.3) is 0 Å². The Hall–Kier alpha value is -2.36. The van der Waals surface area contributed by atoms with E-state index in [1.165, 1.54) is 6.07 Å². The average molecular weight is 258 g/mol. The summed E-state index contributed by atoms with van der Waals surface area (Å²) in [5, 5.41) is 5.16. The molecule has 0 radical (unpaired) electrons. The van der Waals surface area contributed by atoms with E-state index >= 15 is 0 Å². The predicted octanol–water partition coefficient (Wildman–Crippen LogP) is 4.09. The molecule has 0 atom stereocenters. The van der Waals surface area contributed by atoms with E-state index in [1.807, 2.05) is 32.0 Å². The summed E-state index contributed by atoms with van der Waals surface area (Å²) in [5.74, 6) is -0.454. The van der Waals surface area contributed by atoms with Crippen LogP contribution in [-0.4, -0.2) is 6.03 Å². The lowest BCUT2D eigenvalue weighted by molar-refractivity contribution is 0.262. The molecule has 2 aromatic carbocycles. The fraction of sp³-hybridized carbons (Fsp3) is 0.133. The number of urea groups is 1. The normalized spacial score (nSPS) is 10.1. The molecule has 4 heteroatoms. The molecular formula is C15H15FN2O. The van der Waals surface area contributed by atoms with E-state index in [4.69, 9.17) is 0 Å². The summed E-state index contributed by atoms with van der Waals surface area (Å²) in [4.78, 5) is 11.8. The van der Waals surface area contributed by atoms with Gasteiger partial charge in [-0.25, -0.2) is 9.18 Å². The summed E-state index contributed by atoms with van der Waals surface area (Å²) < 4.78 is 13.5. The summed E-state index contributed by atoms with van der Waals surface area (Å²) >= 11 is 0. The lowest BCUT2D eigenvalue weighted by Crippen LogP contribution is -2.20. The van der Waals surface area contributed by atoms with Gasteiger partial charge in [-0.3, -0.25) is 0 Å². The van der Waals surface area contributed by atoms with E-state index < -0.39 is 11.8 Å². The van der Waals surface area contributed by atoms with Crippen LogP contribution in [0.2, 0.25) is 0 Å². The third kappa shape index (κ3) is 3.55. The van der Waals surface area contributed by atoms with Gasteiger partial charge in [0.15, 0.2) is 0 Å². The minimum atomic E-state index is -0.463. The van der Waals surface area contributed by atoms with Crippen molar-refractivity contribution in [3.05, 3.63) is 59.4 Å². The van der Waals surface area contributed by atoms with Crippen LogP contribution in [0.5, 0.6) is 0 Å². The summed E-state index contributed by atoms with van der Waals surface area (Å²) in [5.41, 5.74) is 2.77. The van der Waals surface area contributed by atoms with Crippen molar-refractivity contribution in [3.63, 3.8) is 0 Å². The van der Waals surface area contributed by atoms with Gasteiger partial charge in [0.05, 0.1) is 5.69 Å². The molecule has 0 fully saturated rings. The van der Waals surface area contributed by atoms with Crippen LogP contribution < -0.4 is 10.6 Å². The third-order valence-electron chi connectivity index (χ3n) is 2.65. The maximum atomic E-state index is 13.5. The number of hydrogen-bond acceptors (Lipinski definition) is 1. The molecule has 0 saturated heterocycles. The number of anilines is 2. The lowest BCUT2D eigenvalue weighted by Gasteiger charge is -2.09. The summed E-state index contributed by atoms with van der Waals surface area (Å²) in [6.45, 7) is 3.77. The van der Waals surface area contributed by atoms with Crippen molar-refractivity contribution in [2.75, 3.05) is 10.6 Å². The van der Waals surface area contributed by atoms with Gasteiger partial charge in [0.2, 0.25) is 0 Å². The zero-order valence-corrected chi connectivity index (χ0v) is 10.8. The predicted molar refractivity (Wildman–Crippen MR) is 75.0 cm³/mol. The number of rotatable bonds is 2.